The number of hydrogen-bond acceptors (Lipinski definition) is 5. The number of para-hydroxylation sites is 1. The quantitative estimate of drug-likeness (QED) is 0.185. The van der Waals surface area contributed by atoms with Crippen molar-refractivity contribution >= 4 is 53.4 Å². The molecule has 0 saturated heterocycles. The fourth-order valence-electron chi connectivity index (χ4n) is 7.08. The molecule has 0 fully saturated rings. The number of furan rings is 1. The average molecular weight is 658 g/mol. The summed E-state index contributed by atoms with van der Waals surface area (Å²) in [6.45, 7) is 0. The number of fused-ring (bicyclic) bond motifs is 6. The Morgan fingerprint density at radius 1 is 0.460 bits per heavy atom. The van der Waals surface area contributed by atoms with Gasteiger partial charge < -0.3 is 4.42 Å². The van der Waals surface area contributed by atoms with Gasteiger partial charge in [0.1, 0.15) is 11.2 Å². The van der Waals surface area contributed by atoms with E-state index in [1.165, 1.54) is 20.2 Å². The third-order valence-corrected chi connectivity index (χ3v) is 10.6. The van der Waals surface area contributed by atoms with Gasteiger partial charge in [-0.25, -0.2) is 9.97 Å². The minimum Gasteiger partial charge on any atom is -0.455 e. The van der Waals surface area contributed by atoms with Gasteiger partial charge in [-0.1, -0.05) is 109 Å². The van der Waals surface area contributed by atoms with E-state index in [4.69, 9.17) is 14.4 Å². The molecule has 0 aliphatic rings. The third kappa shape index (κ3) is 4.71. The van der Waals surface area contributed by atoms with Crippen molar-refractivity contribution in [2.75, 3.05) is 0 Å². The fraction of sp³-hybridized carbons (Fsp3) is 0. The molecule has 0 unspecified atom stereocenters. The van der Waals surface area contributed by atoms with E-state index in [1.807, 2.05) is 53.9 Å². The Bertz CT molecular complexity index is 2870. The first-order valence-corrected chi connectivity index (χ1v) is 17.4. The number of benzene rings is 6. The van der Waals surface area contributed by atoms with Crippen LogP contribution in [0.5, 0.6) is 0 Å². The first-order valence-electron chi connectivity index (χ1n) is 16.6. The highest BCUT2D eigenvalue weighted by Gasteiger charge is 2.21. The van der Waals surface area contributed by atoms with Gasteiger partial charge in [0.05, 0.1) is 17.0 Å². The maximum absolute atomic E-state index is 6.74. The number of hydrogen-bond donors (Lipinski definition) is 0. The SMILES string of the molecule is c1ccc(-c2cc(-c3ccccc3-c3cccnc3)nc(-c3ccc(-c4ccc5sc6ccccc6c5c4)c4c3oc3ccccc34)n2)cc1. The van der Waals surface area contributed by atoms with Crippen LogP contribution in [0.3, 0.4) is 0 Å². The minimum atomic E-state index is 0.609. The molecule has 10 rings (SSSR count). The van der Waals surface area contributed by atoms with Crippen LogP contribution in [0.1, 0.15) is 0 Å². The predicted molar refractivity (Wildman–Crippen MR) is 207 cm³/mol. The summed E-state index contributed by atoms with van der Waals surface area (Å²) in [5.41, 5.74) is 10.5. The standard InChI is InChI=1S/C45H27N3OS/c1-2-11-28(12-3-1)38-26-39(33-15-5-4-14-31(33)30-13-10-24-46-27-30)48-45(47-38)36-22-21-32(43-35-17-6-8-18-40(35)49-44(36)43)29-20-23-42-37(25-29)34-16-7-9-19-41(34)50-42/h1-27H. The highest BCUT2D eigenvalue weighted by Crippen LogP contribution is 2.44. The predicted octanol–water partition coefficient (Wildman–Crippen LogP) is 12.5. The molecule has 0 amide bonds. The zero-order valence-corrected chi connectivity index (χ0v) is 27.6. The van der Waals surface area contributed by atoms with E-state index in [2.05, 4.69) is 120 Å². The topological polar surface area (TPSA) is 51.8 Å². The average Bonchev–Trinajstić information content (AvgIpc) is 3.77. The second kappa shape index (κ2) is 11.6. The number of aromatic nitrogens is 3. The van der Waals surface area contributed by atoms with Crippen molar-refractivity contribution in [3.05, 3.63) is 164 Å². The van der Waals surface area contributed by atoms with E-state index in [9.17, 15) is 0 Å². The van der Waals surface area contributed by atoms with Crippen LogP contribution in [0, 0.1) is 0 Å². The summed E-state index contributed by atoms with van der Waals surface area (Å²) < 4.78 is 9.32. The minimum absolute atomic E-state index is 0.609. The molecule has 4 nitrogen and oxygen atoms in total. The molecule has 0 N–H and O–H groups in total. The molecule has 0 radical (unpaired) electrons. The van der Waals surface area contributed by atoms with Crippen LogP contribution >= 0.6 is 11.3 Å². The van der Waals surface area contributed by atoms with Crippen LogP contribution in [-0.2, 0) is 0 Å². The Labute approximate surface area is 292 Å². The third-order valence-electron chi connectivity index (χ3n) is 9.43. The second-order valence-corrected chi connectivity index (χ2v) is 13.5. The second-order valence-electron chi connectivity index (χ2n) is 12.4. The van der Waals surface area contributed by atoms with E-state index in [0.29, 0.717) is 5.82 Å². The lowest BCUT2D eigenvalue weighted by Gasteiger charge is -2.13. The molecule has 234 valence electrons. The lowest BCUT2D eigenvalue weighted by molar-refractivity contribution is 0.669. The zero-order valence-electron chi connectivity index (χ0n) is 26.7. The molecule has 4 heterocycles. The summed E-state index contributed by atoms with van der Waals surface area (Å²) in [4.78, 5) is 14.9. The van der Waals surface area contributed by atoms with E-state index < -0.39 is 0 Å². The number of nitrogens with zero attached hydrogens (tertiary/aromatic N) is 3. The number of thiophene rings is 1. The van der Waals surface area contributed by atoms with Crippen LogP contribution < -0.4 is 0 Å². The Morgan fingerprint density at radius 2 is 1.18 bits per heavy atom. The van der Waals surface area contributed by atoms with Gasteiger partial charge in [-0.2, -0.15) is 0 Å². The van der Waals surface area contributed by atoms with Gasteiger partial charge in [0.15, 0.2) is 5.82 Å². The van der Waals surface area contributed by atoms with Crippen LogP contribution in [-0.4, -0.2) is 15.0 Å². The largest absolute Gasteiger partial charge is 0.455 e. The van der Waals surface area contributed by atoms with Crippen molar-refractivity contribution in [2.24, 2.45) is 0 Å². The smallest absolute Gasteiger partial charge is 0.164 e. The van der Waals surface area contributed by atoms with Crippen molar-refractivity contribution in [1.82, 2.24) is 15.0 Å². The molecule has 50 heavy (non-hydrogen) atoms. The Kier molecular flexibility index (Phi) is 6.64. The van der Waals surface area contributed by atoms with Gasteiger partial charge >= 0.3 is 0 Å². The Hall–Kier alpha value is -6.43. The number of rotatable bonds is 5. The highest BCUT2D eigenvalue weighted by atomic mass is 32.1. The molecular formula is C45H27N3OS. The lowest BCUT2D eigenvalue weighted by atomic mass is 9.95. The fourth-order valence-corrected chi connectivity index (χ4v) is 8.17. The molecule has 5 heteroatoms. The summed E-state index contributed by atoms with van der Waals surface area (Å²) in [5.74, 6) is 0.609. The van der Waals surface area contributed by atoms with E-state index in [0.717, 1.165) is 72.3 Å². The Morgan fingerprint density at radius 3 is 2.06 bits per heavy atom. The van der Waals surface area contributed by atoms with Gasteiger partial charge in [0, 0.05) is 60.0 Å². The summed E-state index contributed by atoms with van der Waals surface area (Å²) in [6.07, 6.45) is 3.69. The van der Waals surface area contributed by atoms with E-state index in [-0.39, 0.29) is 0 Å². The maximum atomic E-state index is 6.74. The Balaban J connectivity index is 1.23. The summed E-state index contributed by atoms with van der Waals surface area (Å²) >= 11 is 1.83. The number of pyridine rings is 1. The van der Waals surface area contributed by atoms with Crippen LogP contribution in [0.15, 0.2) is 168 Å². The molecule has 6 aromatic carbocycles. The van der Waals surface area contributed by atoms with E-state index in [1.54, 1.807) is 6.20 Å². The first kappa shape index (κ1) is 28.6. The van der Waals surface area contributed by atoms with Crippen molar-refractivity contribution in [3.63, 3.8) is 0 Å². The van der Waals surface area contributed by atoms with Crippen LogP contribution in [0.2, 0.25) is 0 Å². The van der Waals surface area contributed by atoms with Crippen LogP contribution in [0.4, 0.5) is 0 Å². The van der Waals surface area contributed by atoms with E-state index >= 15 is 0 Å². The molecule has 4 aromatic heterocycles. The van der Waals surface area contributed by atoms with Crippen molar-refractivity contribution < 1.29 is 4.42 Å². The monoisotopic (exact) mass is 657 g/mol. The summed E-state index contributed by atoms with van der Waals surface area (Å²) in [7, 11) is 0. The van der Waals surface area contributed by atoms with Crippen molar-refractivity contribution in [3.8, 4) is 56.2 Å². The highest BCUT2D eigenvalue weighted by molar-refractivity contribution is 7.25. The molecule has 0 bridgehead atoms. The van der Waals surface area contributed by atoms with Gasteiger partial charge in [0.2, 0.25) is 0 Å². The van der Waals surface area contributed by atoms with Gasteiger partial charge in [-0.05, 0) is 59.2 Å². The van der Waals surface area contributed by atoms with Crippen molar-refractivity contribution in [1.29, 1.82) is 0 Å². The lowest BCUT2D eigenvalue weighted by Crippen LogP contribution is -1.97. The molecule has 0 atom stereocenters. The normalized spacial score (nSPS) is 11.6. The van der Waals surface area contributed by atoms with Crippen molar-refractivity contribution in [2.45, 2.75) is 0 Å². The summed E-state index contributed by atoms with van der Waals surface area (Å²) in [5, 5.41) is 4.67. The maximum Gasteiger partial charge on any atom is 0.164 e. The van der Waals surface area contributed by atoms with Gasteiger partial charge in [-0.3, -0.25) is 4.98 Å². The molecule has 10 aromatic rings. The van der Waals surface area contributed by atoms with Gasteiger partial charge in [0.25, 0.3) is 0 Å². The van der Waals surface area contributed by atoms with Crippen LogP contribution in [0.25, 0.3) is 98.3 Å². The summed E-state index contributed by atoms with van der Waals surface area (Å²) in [6, 6.07) is 52.8. The molecular weight excluding hydrogens is 631 g/mol. The first-order chi connectivity index (χ1) is 24.8. The zero-order chi connectivity index (χ0) is 33.0. The molecule has 0 saturated carbocycles. The molecule has 0 aliphatic carbocycles. The molecule has 0 spiro atoms. The van der Waals surface area contributed by atoms with Gasteiger partial charge in [-0.15, -0.1) is 11.3 Å². The molecule has 0 aliphatic heterocycles.